The standard InChI is InChI=1S/C19H21FN2O4/c1-22(2)19(24)15-5-4-6-16(25-3)18(15)26-12-17(23)21-11-13-7-9-14(20)10-8-13/h4-10H,11-12H2,1-3H3,(H,21,23). The molecule has 7 heteroatoms. The molecule has 138 valence electrons. The van der Waals surface area contributed by atoms with Gasteiger partial charge in [-0.1, -0.05) is 18.2 Å². The highest BCUT2D eigenvalue weighted by molar-refractivity contribution is 5.97. The molecule has 1 N–H and O–H groups in total. The van der Waals surface area contributed by atoms with Gasteiger partial charge < -0.3 is 19.7 Å². The second-order valence-corrected chi connectivity index (χ2v) is 5.73. The minimum absolute atomic E-state index is 0.214. The first kappa shape index (κ1) is 19.2. The molecule has 0 aliphatic carbocycles. The molecule has 26 heavy (non-hydrogen) atoms. The molecule has 6 nitrogen and oxygen atoms in total. The first-order chi connectivity index (χ1) is 12.4. The molecule has 2 aromatic rings. The molecular formula is C19H21FN2O4. The summed E-state index contributed by atoms with van der Waals surface area (Å²) in [6.07, 6.45) is 0. The number of para-hydroxylation sites is 1. The Morgan fingerprint density at radius 1 is 1.12 bits per heavy atom. The summed E-state index contributed by atoms with van der Waals surface area (Å²) in [7, 11) is 4.71. The number of rotatable bonds is 7. The summed E-state index contributed by atoms with van der Waals surface area (Å²) in [6, 6.07) is 10.8. The highest BCUT2D eigenvalue weighted by Gasteiger charge is 2.19. The number of hydrogen-bond donors (Lipinski definition) is 1. The molecule has 0 aliphatic heterocycles. The highest BCUT2D eigenvalue weighted by Crippen LogP contribution is 2.31. The summed E-state index contributed by atoms with van der Waals surface area (Å²) in [5, 5.41) is 2.68. The number of methoxy groups -OCH3 is 1. The molecule has 0 atom stereocenters. The lowest BCUT2D eigenvalue weighted by atomic mass is 10.1. The molecule has 0 fully saturated rings. The Balaban J connectivity index is 2.02. The van der Waals surface area contributed by atoms with Crippen LogP contribution in [0.25, 0.3) is 0 Å². The third kappa shape index (κ3) is 4.95. The van der Waals surface area contributed by atoms with Crippen LogP contribution in [0, 0.1) is 5.82 Å². The average molecular weight is 360 g/mol. The van der Waals surface area contributed by atoms with Crippen molar-refractivity contribution in [3.05, 3.63) is 59.4 Å². The van der Waals surface area contributed by atoms with Crippen LogP contribution < -0.4 is 14.8 Å². The first-order valence-corrected chi connectivity index (χ1v) is 7.95. The van der Waals surface area contributed by atoms with E-state index in [1.807, 2.05) is 0 Å². The number of hydrogen-bond acceptors (Lipinski definition) is 4. The van der Waals surface area contributed by atoms with Crippen LogP contribution in [-0.4, -0.2) is 44.5 Å². The van der Waals surface area contributed by atoms with Gasteiger partial charge in [0.15, 0.2) is 18.1 Å². The number of nitrogens with one attached hydrogen (secondary N) is 1. The number of benzene rings is 2. The van der Waals surface area contributed by atoms with E-state index in [1.54, 1.807) is 44.4 Å². The quantitative estimate of drug-likeness (QED) is 0.822. The maximum atomic E-state index is 12.9. The normalized spacial score (nSPS) is 10.2. The van der Waals surface area contributed by atoms with Gasteiger partial charge in [-0.15, -0.1) is 0 Å². The molecule has 2 aromatic carbocycles. The van der Waals surface area contributed by atoms with Crippen LogP contribution in [0.15, 0.2) is 42.5 Å². The van der Waals surface area contributed by atoms with Gasteiger partial charge in [-0.2, -0.15) is 0 Å². The zero-order valence-corrected chi connectivity index (χ0v) is 14.9. The van der Waals surface area contributed by atoms with Gasteiger partial charge in [-0.3, -0.25) is 9.59 Å². The van der Waals surface area contributed by atoms with Crippen LogP contribution in [0.2, 0.25) is 0 Å². The minimum atomic E-state index is -0.372. The Morgan fingerprint density at radius 2 is 1.81 bits per heavy atom. The van der Waals surface area contributed by atoms with Gasteiger partial charge in [0.05, 0.1) is 12.7 Å². The summed E-state index contributed by atoms with van der Waals surface area (Å²) in [5.41, 5.74) is 1.07. The van der Waals surface area contributed by atoms with Crippen molar-refractivity contribution in [2.45, 2.75) is 6.54 Å². The predicted octanol–water partition coefficient (Wildman–Crippen LogP) is 2.23. The van der Waals surface area contributed by atoms with Gasteiger partial charge in [0, 0.05) is 20.6 Å². The summed E-state index contributed by atoms with van der Waals surface area (Å²) >= 11 is 0. The summed E-state index contributed by atoms with van der Waals surface area (Å²) in [4.78, 5) is 25.7. The van der Waals surface area contributed by atoms with Crippen LogP contribution in [0.1, 0.15) is 15.9 Å². The van der Waals surface area contributed by atoms with Gasteiger partial charge in [-0.05, 0) is 29.8 Å². The molecule has 2 amide bonds. The van der Waals surface area contributed by atoms with E-state index in [9.17, 15) is 14.0 Å². The first-order valence-electron chi connectivity index (χ1n) is 7.95. The molecule has 0 saturated carbocycles. The van der Waals surface area contributed by atoms with Crippen LogP contribution in [-0.2, 0) is 11.3 Å². The van der Waals surface area contributed by atoms with Crippen molar-refractivity contribution < 1.29 is 23.5 Å². The van der Waals surface area contributed by atoms with E-state index in [0.717, 1.165) is 5.56 Å². The van der Waals surface area contributed by atoms with Crippen molar-refractivity contribution in [1.82, 2.24) is 10.2 Å². The second-order valence-electron chi connectivity index (χ2n) is 5.73. The van der Waals surface area contributed by atoms with Crippen LogP contribution in [0.4, 0.5) is 4.39 Å². The number of halogens is 1. The van der Waals surface area contributed by atoms with Gasteiger partial charge in [0.2, 0.25) is 0 Å². The minimum Gasteiger partial charge on any atom is -0.493 e. The van der Waals surface area contributed by atoms with Gasteiger partial charge >= 0.3 is 0 Å². The van der Waals surface area contributed by atoms with Crippen molar-refractivity contribution in [3.63, 3.8) is 0 Å². The van der Waals surface area contributed by atoms with Gasteiger partial charge in [0.25, 0.3) is 11.8 Å². The SMILES string of the molecule is COc1cccc(C(=O)N(C)C)c1OCC(=O)NCc1ccc(F)cc1. The van der Waals surface area contributed by atoms with E-state index in [2.05, 4.69) is 5.32 Å². The molecule has 2 rings (SSSR count). The lowest BCUT2D eigenvalue weighted by molar-refractivity contribution is -0.123. The third-order valence-electron chi connectivity index (χ3n) is 3.59. The Labute approximate surface area is 151 Å². The monoisotopic (exact) mass is 360 g/mol. The zero-order valence-electron chi connectivity index (χ0n) is 14.9. The lowest BCUT2D eigenvalue weighted by Crippen LogP contribution is -2.29. The van der Waals surface area contributed by atoms with Gasteiger partial charge in [0.1, 0.15) is 5.82 Å². The second kappa shape index (κ2) is 8.84. The van der Waals surface area contributed by atoms with Crippen LogP contribution >= 0.6 is 0 Å². The molecule has 0 radical (unpaired) electrons. The van der Waals surface area contributed by atoms with E-state index in [4.69, 9.17) is 9.47 Å². The Morgan fingerprint density at radius 3 is 2.42 bits per heavy atom. The number of amides is 2. The molecule has 0 aromatic heterocycles. The number of nitrogens with zero attached hydrogens (tertiary/aromatic N) is 1. The average Bonchev–Trinajstić information content (AvgIpc) is 2.64. The molecule has 0 saturated heterocycles. The Kier molecular flexibility index (Phi) is 6.54. The van der Waals surface area contributed by atoms with E-state index < -0.39 is 0 Å². The fourth-order valence-electron chi connectivity index (χ4n) is 2.23. The van der Waals surface area contributed by atoms with Crippen molar-refractivity contribution in [2.24, 2.45) is 0 Å². The van der Waals surface area contributed by atoms with Crippen molar-refractivity contribution in [1.29, 1.82) is 0 Å². The van der Waals surface area contributed by atoms with Gasteiger partial charge in [-0.25, -0.2) is 4.39 Å². The summed E-state index contributed by atoms with van der Waals surface area (Å²) < 4.78 is 23.7. The van der Waals surface area contributed by atoms with Crippen molar-refractivity contribution in [3.8, 4) is 11.5 Å². The zero-order chi connectivity index (χ0) is 19.1. The number of ether oxygens (including phenoxy) is 2. The third-order valence-corrected chi connectivity index (χ3v) is 3.59. The molecule has 0 bridgehead atoms. The number of carbonyl (C=O) groups excluding carboxylic acids is 2. The van der Waals surface area contributed by atoms with Crippen molar-refractivity contribution in [2.75, 3.05) is 27.8 Å². The fourth-order valence-corrected chi connectivity index (χ4v) is 2.23. The van der Waals surface area contributed by atoms with E-state index in [0.29, 0.717) is 11.3 Å². The Hall–Kier alpha value is -3.09. The molecule has 0 heterocycles. The lowest BCUT2D eigenvalue weighted by Gasteiger charge is -2.17. The maximum absolute atomic E-state index is 12.9. The summed E-state index contributed by atoms with van der Waals surface area (Å²) in [6.45, 7) is -0.0346. The van der Waals surface area contributed by atoms with Crippen LogP contribution in [0.3, 0.4) is 0 Å². The van der Waals surface area contributed by atoms with E-state index in [1.165, 1.54) is 24.1 Å². The predicted molar refractivity (Wildman–Crippen MR) is 94.8 cm³/mol. The van der Waals surface area contributed by atoms with E-state index >= 15 is 0 Å². The molecule has 0 spiro atoms. The Bertz CT molecular complexity index is 776. The molecule has 0 aliphatic rings. The maximum Gasteiger partial charge on any atom is 0.258 e. The molecular weight excluding hydrogens is 339 g/mol. The smallest absolute Gasteiger partial charge is 0.258 e. The fraction of sp³-hybridized carbons (Fsp3) is 0.263. The summed E-state index contributed by atoms with van der Waals surface area (Å²) in [5.74, 6) is -0.388. The largest absolute Gasteiger partial charge is 0.493 e. The van der Waals surface area contributed by atoms with Crippen LogP contribution in [0.5, 0.6) is 11.5 Å². The molecule has 0 unspecified atom stereocenters. The topological polar surface area (TPSA) is 67.9 Å². The number of carbonyl (C=O) groups is 2. The highest BCUT2D eigenvalue weighted by atomic mass is 19.1. The van der Waals surface area contributed by atoms with Crippen molar-refractivity contribution >= 4 is 11.8 Å². The van der Waals surface area contributed by atoms with E-state index in [-0.39, 0.29) is 36.5 Å².